The molecule has 0 bridgehead atoms. The maximum absolute atomic E-state index is 9.83. The van der Waals surface area contributed by atoms with Gasteiger partial charge < -0.3 is 15.5 Å². The lowest BCUT2D eigenvalue weighted by atomic mass is 9.89. The average molecular weight is 207 g/mol. The molecule has 82 valence electrons. The fourth-order valence-electron chi connectivity index (χ4n) is 1.83. The summed E-state index contributed by atoms with van der Waals surface area (Å²) in [5, 5.41) is 22.2. The molecule has 1 aromatic carbocycles. The predicted octanol–water partition coefficient (Wildman–Crippen LogP) is 0.833. The molecular formula is C12H17NO2. The van der Waals surface area contributed by atoms with E-state index in [1.54, 1.807) is 0 Å². The van der Waals surface area contributed by atoms with Crippen LogP contribution in [0.3, 0.4) is 0 Å². The van der Waals surface area contributed by atoms with Gasteiger partial charge in [-0.05, 0) is 18.4 Å². The highest BCUT2D eigenvalue weighted by molar-refractivity contribution is 5.17. The van der Waals surface area contributed by atoms with Crippen LogP contribution in [-0.4, -0.2) is 28.9 Å². The number of aliphatic hydroxyl groups excluding tert-OH is 2. The highest BCUT2D eigenvalue weighted by Gasteiger charge is 2.26. The largest absolute Gasteiger partial charge is 0.393 e. The van der Waals surface area contributed by atoms with E-state index < -0.39 is 6.10 Å². The van der Waals surface area contributed by atoms with Gasteiger partial charge in [0, 0.05) is 12.6 Å². The van der Waals surface area contributed by atoms with Gasteiger partial charge >= 0.3 is 0 Å². The topological polar surface area (TPSA) is 52.5 Å². The molecule has 0 aromatic heterocycles. The van der Waals surface area contributed by atoms with Crippen LogP contribution < -0.4 is 5.32 Å². The molecular weight excluding hydrogens is 190 g/mol. The van der Waals surface area contributed by atoms with Crippen molar-refractivity contribution in [3.63, 3.8) is 0 Å². The summed E-state index contributed by atoms with van der Waals surface area (Å²) in [6.07, 6.45) is 1.02. The maximum atomic E-state index is 9.83. The standard InChI is InChI=1S/C12H17NO2/c14-11-6-10(7-11)13-8-12(15)9-4-2-1-3-5-9/h1-5,10-15H,6-8H2/t10?,11?,12-/m0/s1. The van der Waals surface area contributed by atoms with Gasteiger partial charge in [0.2, 0.25) is 0 Å². The van der Waals surface area contributed by atoms with Crippen molar-refractivity contribution in [3.05, 3.63) is 35.9 Å². The van der Waals surface area contributed by atoms with Gasteiger partial charge in [0.15, 0.2) is 0 Å². The van der Waals surface area contributed by atoms with Crippen molar-refractivity contribution in [2.45, 2.75) is 31.1 Å². The normalized spacial score (nSPS) is 27.1. The van der Waals surface area contributed by atoms with Gasteiger partial charge in [-0.15, -0.1) is 0 Å². The number of rotatable bonds is 4. The fraction of sp³-hybridized carbons (Fsp3) is 0.500. The number of aliphatic hydroxyl groups is 2. The van der Waals surface area contributed by atoms with E-state index in [1.165, 1.54) is 0 Å². The summed E-state index contributed by atoms with van der Waals surface area (Å²) in [4.78, 5) is 0. The van der Waals surface area contributed by atoms with E-state index in [-0.39, 0.29) is 6.10 Å². The second-order valence-corrected chi connectivity index (χ2v) is 4.16. The third kappa shape index (κ3) is 2.78. The van der Waals surface area contributed by atoms with Gasteiger partial charge in [-0.2, -0.15) is 0 Å². The second-order valence-electron chi connectivity index (χ2n) is 4.16. The zero-order chi connectivity index (χ0) is 10.7. The Bertz CT molecular complexity index is 296. The molecule has 3 nitrogen and oxygen atoms in total. The first kappa shape index (κ1) is 10.6. The average Bonchev–Trinajstić information content (AvgIpc) is 2.23. The van der Waals surface area contributed by atoms with Gasteiger partial charge in [0.05, 0.1) is 12.2 Å². The number of hydrogen-bond donors (Lipinski definition) is 3. The summed E-state index contributed by atoms with van der Waals surface area (Å²) in [5.74, 6) is 0. The zero-order valence-corrected chi connectivity index (χ0v) is 8.63. The molecule has 1 aliphatic rings. The summed E-state index contributed by atoms with van der Waals surface area (Å²) in [6.45, 7) is 0.557. The molecule has 1 aromatic rings. The molecule has 15 heavy (non-hydrogen) atoms. The van der Waals surface area contributed by atoms with Crippen LogP contribution in [0, 0.1) is 0 Å². The molecule has 0 spiro atoms. The molecule has 0 unspecified atom stereocenters. The minimum atomic E-state index is -0.455. The minimum absolute atomic E-state index is 0.142. The van der Waals surface area contributed by atoms with Gasteiger partial charge in [-0.3, -0.25) is 0 Å². The Labute approximate surface area is 89.8 Å². The molecule has 0 radical (unpaired) electrons. The molecule has 1 fully saturated rings. The monoisotopic (exact) mass is 207 g/mol. The van der Waals surface area contributed by atoms with E-state index in [0.29, 0.717) is 12.6 Å². The molecule has 2 rings (SSSR count). The van der Waals surface area contributed by atoms with E-state index in [9.17, 15) is 5.11 Å². The van der Waals surface area contributed by atoms with Crippen LogP contribution in [0.1, 0.15) is 24.5 Å². The van der Waals surface area contributed by atoms with Crippen LogP contribution in [0.5, 0.6) is 0 Å². The van der Waals surface area contributed by atoms with Crippen molar-refractivity contribution in [2.24, 2.45) is 0 Å². The van der Waals surface area contributed by atoms with Crippen molar-refractivity contribution >= 4 is 0 Å². The number of nitrogens with one attached hydrogen (secondary N) is 1. The van der Waals surface area contributed by atoms with Crippen LogP contribution in [0.25, 0.3) is 0 Å². The molecule has 1 saturated carbocycles. The number of hydrogen-bond acceptors (Lipinski definition) is 3. The Balaban J connectivity index is 1.75. The van der Waals surface area contributed by atoms with Gasteiger partial charge in [0.1, 0.15) is 0 Å². The summed E-state index contributed by atoms with van der Waals surface area (Å²) >= 11 is 0. The SMILES string of the molecule is OC1CC(NC[C@H](O)c2ccccc2)C1. The molecule has 0 aliphatic heterocycles. The van der Waals surface area contributed by atoms with Gasteiger partial charge in [0.25, 0.3) is 0 Å². The first-order chi connectivity index (χ1) is 7.25. The number of benzene rings is 1. The molecule has 0 saturated heterocycles. The highest BCUT2D eigenvalue weighted by Crippen LogP contribution is 2.20. The Morgan fingerprint density at radius 2 is 1.93 bits per heavy atom. The van der Waals surface area contributed by atoms with Crippen LogP contribution >= 0.6 is 0 Å². The van der Waals surface area contributed by atoms with Gasteiger partial charge in [-0.25, -0.2) is 0 Å². The molecule has 3 heteroatoms. The lowest BCUT2D eigenvalue weighted by Gasteiger charge is -2.32. The summed E-state index contributed by atoms with van der Waals surface area (Å²) in [6, 6.07) is 9.99. The van der Waals surface area contributed by atoms with Gasteiger partial charge in [-0.1, -0.05) is 30.3 Å². The predicted molar refractivity (Wildman–Crippen MR) is 58.4 cm³/mol. The minimum Gasteiger partial charge on any atom is -0.393 e. The highest BCUT2D eigenvalue weighted by atomic mass is 16.3. The lowest BCUT2D eigenvalue weighted by Crippen LogP contribution is -2.45. The van der Waals surface area contributed by atoms with Crippen LogP contribution in [0.15, 0.2) is 30.3 Å². The molecule has 0 amide bonds. The van der Waals surface area contributed by atoms with E-state index in [2.05, 4.69) is 5.32 Å². The molecule has 0 heterocycles. The molecule has 1 atom stereocenters. The van der Waals surface area contributed by atoms with E-state index in [4.69, 9.17) is 5.11 Å². The Hall–Kier alpha value is -0.900. The van der Waals surface area contributed by atoms with Crippen LogP contribution in [0.4, 0.5) is 0 Å². The Morgan fingerprint density at radius 3 is 2.53 bits per heavy atom. The second kappa shape index (κ2) is 4.75. The van der Waals surface area contributed by atoms with Crippen molar-refractivity contribution in [3.8, 4) is 0 Å². The van der Waals surface area contributed by atoms with E-state index in [0.717, 1.165) is 18.4 Å². The molecule has 3 N–H and O–H groups in total. The summed E-state index contributed by atoms with van der Waals surface area (Å²) < 4.78 is 0. The molecule has 1 aliphatic carbocycles. The van der Waals surface area contributed by atoms with Crippen LogP contribution in [0.2, 0.25) is 0 Å². The van der Waals surface area contributed by atoms with Crippen molar-refractivity contribution in [2.75, 3.05) is 6.54 Å². The fourth-order valence-corrected chi connectivity index (χ4v) is 1.83. The van der Waals surface area contributed by atoms with E-state index in [1.807, 2.05) is 30.3 Å². The summed E-state index contributed by atoms with van der Waals surface area (Å²) in [5.41, 5.74) is 0.935. The van der Waals surface area contributed by atoms with Crippen molar-refractivity contribution in [1.29, 1.82) is 0 Å². The lowest BCUT2D eigenvalue weighted by molar-refractivity contribution is 0.0551. The quantitative estimate of drug-likeness (QED) is 0.685. The third-order valence-electron chi connectivity index (χ3n) is 2.90. The maximum Gasteiger partial charge on any atom is 0.0914 e. The van der Waals surface area contributed by atoms with Crippen molar-refractivity contribution in [1.82, 2.24) is 5.32 Å². The Kier molecular flexibility index (Phi) is 3.36. The Morgan fingerprint density at radius 1 is 1.27 bits per heavy atom. The zero-order valence-electron chi connectivity index (χ0n) is 8.63. The summed E-state index contributed by atoms with van der Waals surface area (Å²) in [7, 11) is 0. The third-order valence-corrected chi connectivity index (χ3v) is 2.90. The first-order valence-electron chi connectivity index (χ1n) is 5.40. The van der Waals surface area contributed by atoms with Crippen LogP contribution in [-0.2, 0) is 0 Å². The smallest absolute Gasteiger partial charge is 0.0914 e. The van der Waals surface area contributed by atoms with E-state index >= 15 is 0 Å². The first-order valence-corrected chi connectivity index (χ1v) is 5.40. The van der Waals surface area contributed by atoms with Crippen molar-refractivity contribution < 1.29 is 10.2 Å².